The highest BCUT2D eigenvalue weighted by molar-refractivity contribution is 5.88. The molecule has 1 N–H and O–H groups in total. The van der Waals surface area contributed by atoms with Crippen molar-refractivity contribution in [1.82, 2.24) is 15.1 Å². The predicted octanol–water partition coefficient (Wildman–Crippen LogP) is 2.77. The van der Waals surface area contributed by atoms with Crippen LogP contribution in [0.2, 0.25) is 0 Å². The molecule has 0 spiro atoms. The smallest absolute Gasteiger partial charge is 0.374 e. The number of amides is 2. The number of carbonyl (C=O) groups excluding carboxylic acids is 1. The first-order valence-corrected chi connectivity index (χ1v) is 7.16. The third kappa shape index (κ3) is 4.54. The van der Waals surface area contributed by atoms with Crippen molar-refractivity contribution in [2.75, 3.05) is 25.0 Å². The molecule has 9 heteroatoms. The summed E-state index contributed by atoms with van der Waals surface area (Å²) in [6.45, 7) is 7.27. The number of aromatic nitrogens is 2. The topological polar surface area (TPSA) is 67.4 Å². The molecule has 2 rings (SSSR count). The van der Waals surface area contributed by atoms with Gasteiger partial charge in [0.05, 0.1) is 12.7 Å². The first-order valence-electron chi connectivity index (χ1n) is 7.16. The van der Waals surface area contributed by atoms with E-state index in [1.165, 1.54) is 0 Å². The number of hydrogen-bond acceptors (Lipinski definition) is 4. The zero-order valence-electron chi connectivity index (χ0n) is 13.1. The van der Waals surface area contributed by atoms with Gasteiger partial charge in [-0.05, 0) is 17.5 Å². The summed E-state index contributed by atoms with van der Waals surface area (Å²) in [5, 5.41) is 8.91. The summed E-state index contributed by atoms with van der Waals surface area (Å²) in [5.74, 6) is -0.0261. The van der Waals surface area contributed by atoms with Gasteiger partial charge in [-0.15, -0.1) is 10.2 Å². The van der Waals surface area contributed by atoms with Crippen molar-refractivity contribution in [2.24, 2.45) is 5.41 Å². The van der Waals surface area contributed by atoms with Gasteiger partial charge in [-0.25, -0.2) is 4.79 Å². The van der Waals surface area contributed by atoms with Crippen molar-refractivity contribution in [3.8, 4) is 0 Å². The molecule has 1 aliphatic rings. The average molecular weight is 332 g/mol. The second kappa shape index (κ2) is 6.31. The van der Waals surface area contributed by atoms with Gasteiger partial charge in [0.1, 0.15) is 0 Å². The number of hydrogen-bond donors (Lipinski definition) is 1. The fourth-order valence-electron chi connectivity index (χ4n) is 2.10. The van der Waals surface area contributed by atoms with Crippen molar-refractivity contribution in [3.05, 3.63) is 17.8 Å². The normalized spacial score (nSPS) is 19.6. The van der Waals surface area contributed by atoms with Crippen LogP contribution in [0.1, 0.15) is 26.5 Å². The molecule has 0 aromatic carbocycles. The second-order valence-electron chi connectivity index (χ2n) is 6.40. The molecule has 1 saturated heterocycles. The second-order valence-corrected chi connectivity index (χ2v) is 6.40. The zero-order valence-corrected chi connectivity index (χ0v) is 13.1. The summed E-state index contributed by atoms with van der Waals surface area (Å²) in [4.78, 5) is 13.7. The minimum atomic E-state index is -4.56. The minimum absolute atomic E-state index is 0.0261. The van der Waals surface area contributed by atoms with Crippen LogP contribution in [0.4, 0.5) is 23.8 Å². The molecule has 1 atom stereocenters. The molecule has 0 bridgehead atoms. The lowest BCUT2D eigenvalue weighted by atomic mass is 9.88. The van der Waals surface area contributed by atoms with E-state index in [9.17, 15) is 18.0 Å². The van der Waals surface area contributed by atoms with Crippen LogP contribution in [-0.2, 0) is 10.9 Å². The van der Waals surface area contributed by atoms with Crippen LogP contribution in [0.25, 0.3) is 0 Å². The largest absolute Gasteiger partial charge is 0.435 e. The molecule has 6 nitrogen and oxygen atoms in total. The molecule has 0 saturated carbocycles. The molecule has 23 heavy (non-hydrogen) atoms. The van der Waals surface area contributed by atoms with Crippen LogP contribution < -0.4 is 5.32 Å². The Kier molecular flexibility index (Phi) is 4.79. The number of ether oxygens (including phenoxy) is 1. The van der Waals surface area contributed by atoms with Crippen LogP contribution in [0.5, 0.6) is 0 Å². The number of anilines is 1. The van der Waals surface area contributed by atoms with Crippen molar-refractivity contribution >= 4 is 11.8 Å². The van der Waals surface area contributed by atoms with E-state index in [0.29, 0.717) is 19.7 Å². The number of alkyl halides is 3. The first-order chi connectivity index (χ1) is 10.6. The quantitative estimate of drug-likeness (QED) is 0.859. The molecule has 128 valence electrons. The van der Waals surface area contributed by atoms with Gasteiger partial charge < -0.3 is 9.64 Å². The van der Waals surface area contributed by atoms with E-state index >= 15 is 0 Å². The summed E-state index contributed by atoms with van der Waals surface area (Å²) in [7, 11) is 0. The maximum absolute atomic E-state index is 12.4. The Labute approximate surface area is 132 Å². The molecule has 1 fully saturated rings. The van der Waals surface area contributed by atoms with Crippen molar-refractivity contribution in [2.45, 2.75) is 33.1 Å². The average Bonchev–Trinajstić information content (AvgIpc) is 2.46. The number of rotatable bonds is 1. The van der Waals surface area contributed by atoms with Gasteiger partial charge in [0.25, 0.3) is 0 Å². The van der Waals surface area contributed by atoms with Gasteiger partial charge in [0.15, 0.2) is 11.5 Å². The third-order valence-corrected chi connectivity index (χ3v) is 3.51. The number of morpholine rings is 1. The zero-order chi connectivity index (χ0) is 17.3. The Balaban J connectivity index is 1.99. The first kappa shape index (κ1) is 17.5. The molecule has 1 aromatic heterocycles. The SMILES string of the molecule is CC(C)(C)C1CN(C(=O)Nc2ccc(C(F)(F)F)nn2)CCO1. The van der Waals surface area contributed by atoms with Gasteiger partial charge in [0, 0.05) is 13.1 Å². The third-order valence-electron chi connectivity index (χ3n) is 3.51. The van der Waals surface area contributed by atoms with E-state index in [1.54, 1.807) is 4.90 Å². The van der Waals surface area contributed by atoms with E-state index in [0.717, 1.165) is 12.1 Å². The summed E-state index contributed by atoms with van der Waals surface area (Å²) >= 11 is 0. The lowest BCUT2D eigenvalue weighted by Crippen LogP contribution is -2.51. The van der Waals surface area contributed by atoms with Gasteiger partial charge in [-0.2, -0.15) is 13.2 Å². The minimum Gasteiger partial charge on any atom is -0.374 e. The predicted molar refractivity (Wildman–Crippen MR) is 76.8 cm³/mol. The summed E-state index contributed by atoms with van der Waals surface area (Å²) in [5.41, 5.74) is -1.22. The molecule has 1 aliphatic heterocycles. The number of halogens is 3. The van der Waals surface area contributed by atoms with E-state index in [1.807, 2.05) is 20.8 Å². The number of nitrogens with zero attached hydrogens (tertiary/aromatic N) is 3. The van der Waals surface area contributed by atoms with E-state index in [-0.39, 0.29) is 17.3 Å². The molecule has 1 aromatic rings. The molecular formula is C14H19F3N4O2. The van der Waals surface area contributed by atoms with Crippen LogP contribution >= 0.6 is 0 Å². The Hall–Kier alpha value is -1.90. The highest BCUT2D eigenvalue weighted by Gasteiger charge is 2.34. The number of nitrogens with one attached hydrogen (secondary N) is 1. The van der Waals surface area contributed by atoms with E-state index in [4.69, 9.17) is 4.74 Å². The van der Waals surface area contributed by atoms with Crippen LogP contribution in [0.3, 0.4) is 0 Å². The summed E-state index contributed by atoms with van der Waals surface area (Å²) < 4.78 is 42.9. The molecule has 0 radical (unpaired) electrons. The summed E-state index contributed by atoms with van der Waals surface area (Å²) in [6.07, 6.45) is -4.67. The fraction of sp³-hybridized carbons (Fsp3) is 0.643. The molecule has 2 heterocycles. The number of urea groups is 1. The Morgan fingerprint density at radius 3 is 2.52 bits per heavy atom. The lowest BCUT2D eigenvalue weighted by Gasteiger charge is -2.39. The lowest BCUT2D eigenvalue weighted by molar-refractivity contribution is -0.141. The van der Waals surface area contributed by atoms with Gasteiger partial charge >= 0.3 is 12.2 Å². The number of carbonyl (C=O) groups is 1. The van der Waals surface area contributed by atoms with E-state index < -0.39 is 17.9 Å². The molecule has 1 unspecified atom stereocenters. The Bertz CT molecular complexity index is 555. The van der Waals surface area contributed by atoms with Gasteiger partial charge in [-0.3, -0.25) is 5.32 Å². The molecular weight excluding hydrogens is 313 g/mol. The molecule has 2 amide bonds. The highest BCUT2D eigenvalue weighted by atomic mass is 19.4. The Morgan fingerprint density at radius 1 is 1.30 bits per heavy atom. The van der Waals surface area contributed by atoms with Gasteiger partial charge in [-0.1, -0.05) is 20.8 Å². The molecule has 0 aliphatic carbocycles. The maximum atomic E-state index is 12.4. The summed E-state index contributed by atoms with van der Waals surface area (Å²) in [6, 6.07) is 1.42. The standard InChI is InChI=1S/C14H19F3N4O2/c1-13(2,3)10-8-21(6-7-23-10)12(22)18-11-5-4-9(19-20-11)14(15,16)17/h4-5,10H,6-8H2,1-3H3,(H,18,20,22). The van der Waals surface area contributed by atoms with Crippen molar-refractivity contribution in [3.63, 3.8) is 0 Å². The van der Waals surface area contributed by atoms with E-state index in [2.05, 4.69) is 15.5 Å². The van der Waals surface area contributed by atoms with Crippen molar-refractivity contribution in [1.29, 1.82) is 0 Å². The monoisotopic (exact) mass is 332 g/mol. The van der Waals surface area contributed by atoms with Gasteiger partial charge in [0.2, 0.25) is 0 Å². The fourth-order valence-corrected chi connectivity index (χ4v) is 2.10. The van der Waals surface area contributed by atoms with Crippen molar-refractivity contribution < 1.29 is 22.7 Å². The highest BCUT2D eigenvalue weighted by Crippen LogP contribution is 2.27. The van der Waals surface area contributed by atoms with Crippen LogP contribution in [0, 0.1) is 5.41 Å². The van der Waals surface area contributed by atoms with Crippen LogP contribution in [0.15, 0.2) is 12.1 Å². The van der Waals surface area contributed by atoms with Crippen LogP contribution in [-0.4, -0.2) is 46.9 Å². The maximum Gasteiger partial charge on any atom is 0.435 e. The Morgan fingerprint density at radius 2 is 2.00 bits per heavy atom.